The molecule has 0 aliphatic carbocycles. The van der Waals surface area contributed by atoms with Crippen molar-refractivity contribution < 1.29 is 9.90 Å². The zero-order chi connectivity index (χ0) is 10.6. The highest BCUT2D eigenvalue weighted by Crippen LogP contribution is 1.94. The molecular formula is C8H14N4O2. The van der Waals surface area contributed by atoms with Crippen molar-refractivity contribution in [3.8, 4) is 0 Å². The minimum Gasteiger partial charge on any atom is -0.394 e. The molecule has 78 valence electrons. The van der Waals surface area contributed by atoms with Crippen molar-refractivity contribution >= 4 is 5.91 Å². The zero-order valence-electron chi connectivity index (χ0n) is 8.24. The summed E-state index contributed by atoms with van der Waals surface area (Å²) in [6.45, 7) is 3.52. The van der Waals surface area contributed by atoms with Crippen LogP contribution in [0.25, 0.3) is 0 Å². The lowest BCUT2D eigenvalue weighted by Gasteiger charge is -2.11. The highest BCUT2D eigenvalue weighted by atomic mass is 16.3. The third-order valence-electron chi connectivity index (χ3n) is 1.85. The Hall–Kier alpha value is -1.43. The molecule has 1 unspecified atom stereocenters. The lowest BCUT2D eigenvalue weighted by molar-refractivity contribution is 0.0904. The van der Waals surface area contributed by atoms with Gasteiger partial charge in [-0.05, 0) is 13.3 Å². The van der Waals surface area contributed by atoms with E-state index in [1.165, 1.54) is 0 Å². The van der Waals surface area contributed by atoms with E-state index in [1.54, 1.807) is 6.92 Å². The normalized spacial score (nSPS) is 12.5. The van der Waals surface area contributed by atoms with E-state index in [9.17, 15) is 4.79 Å². The fraction of sp³-hybridized carbons (Fsp3) is 0.625. The Morgan fingerprint density at radius 1 is 1.71 bits per heavy atom. The molecule has 0 radical (unpaired) electrons. The highest BCUT2D eigenvalue weighted by Gasteiger charge is 2.14. The van der Waals surface area contributed by atoms with Crippen LogP contribution < -0.4 is 5.32 Å². The largest absolute Gasteiger partial charge is 0.394 e. The van der Waals surface area contributed by atoms with E-state index in [2.05, 4.69) is 20.5 Å². The molecule has 0 aromatic carbocycles. The lowest BCUT2D eigenvalue weighted by Crippen LogP contribution is -2.37. The number of hydrogen-bond donors (Lipinski definition) is 3. The van der Waals surface area contributed by atoms with E-state index >= 15 is 0 Å². The maximum Gasteiger partial charge on any atom is 0.291 e. The zero-order valence-corrected chi connectivity index (χ0v) is 8.24. The fourth-order valence-electron chi connectivity index (χ4n) is 0.971. The smallest absolute Gasteiger partial charge is 0.291 e. The number of rotatable bonds is 4. The Morgan fingerprint density at radius 3 is 2.86 bits per heavy atom. The molecule has 3 N–H and O–H groups in total. The van der Waals surface area contributed by atoms with E-state index in [1.807, 2.05) is 6.92 Å². The molecule has 6 heteroatoms. The van der Waals surface area contributed by atoms with Gasteiger partial charge in [0.25, 0.3) is 5.91 Å². The summed E-state index contributed by atoms with van der Waals surface area (Å²) in [6, 6.07) is -0.235. The van der Waals surface area contributed by atoms with Gasteiger partial charge in [-0.1, -0.05) is 6.92 Å². The summed E-state index contributed by atoms with van der Waals surface area (Å²) < 4.78 is 0. The summed E-state index contributed by atoms with van der Waals surface area (Å²) in [5.74, 6) is 0.330. The van der Waals surface area contributed by atoms with Crippen molar-refractivity contribution in [2.45, 2.75) is 26.3 Å². The molecule has 0 spiro atoms. The number of aliphatic hydroxyl groups excluding tert-OH is 1. The minimum atomic E-state index is -0.366. The van der Waals surface area contributed by atoms with Crippen LogP contribution in [0.3, 0.4) is 0 Å². The van der Waals surface area contributed by atoms with Gasteiger partial charge in [-0.3, -0.25) is 9.89 Å². The SMILES string of the molecule is CCC(CO)NC(=O)c1n[nH]c(C)n1. The molecule has 0 aliphatic heterocycles. The van der Waals surface area contributed by atoms with Gasteiger partial charge < -0.3 is 10.4 Å². The van der Waals surface area contributed by atoms with Crippen LogP contribution >= 0.6 is 0 Å². The molecule has 0 saturated heterocycles. The Morgan fingerprint density at radius 2 is 2.43 bits per heavy atom. The molecular weight excluding hydrogens is 184 g/mol. The number of aryl methyl sites for hydroxylation is 1. The number of H-pyrrole nitrogens is 1. The first-order valence-electron chi connectivity index (χ1n) is 4.48. The van der Waals surface area contributed by atoms with Crippen LogP contribution in [0.5, 0.6) is 0 Å². The van der Waals surface area contributed by atoms with Gasteiger partial charge in [0.2, 0.25) is 5.82 Å². The molecule has 1 aromatic rings. The highest BCUT2D eigenvalue weighted by molar-refractivity contribution is 5.90. The van der Waals surface area contributed by atoms with Crippen LogP contribution in [0.1, 0.15) is 29.8 Å². The quantitative estimate of drug-likeness (QED) is 0.614. The predicted octanol–water partition coefficient (Wildman–Crippen LogP) is -0.386. The van der Waals surface area contributed by atoms with Crippen molar-refractivity contribution in [2.75, 3.05) is 6.61 Å². The summed E-state index contributed by atoms with van der Waals surface area (Å²) in [4.78, 5) is 15.3. The first kappa shape index (κ1) is 10.6. The van der Waals surface area contributed by atoms with Crippen molar-refractivity contribution in [3.05, 3.63) is 11.6 Å². The number of nitrogens with one attached hydrogen (secondary N) is 2. The number of amides is 1. The second-order valence-corrected chi connectivity index (χ2v) is 3.01. The molecule has 1 amide bonds. The maximum absolute atomic E-state index is 11.4. The van der Waals surface area contributed by atoms with E-state index in [-0.39, 0.29) is 24.4 Å². The number of carbonyl (C=O) groups is 1. The number of aliphatic hydroxyl groups is 1. The number of hydrogen-bond acceptors (Lipinski definition) is 4. The summed E-state index contributed by atoms with van der Waals surface area (Å²) >= 11 is 0. The summed E-state index contributed by atoms with van der Waals surface area (Å²) in [6.07, 6.45) is 0.672. The molecule has 1 aromatic heterocycles. The molecule has 0 fully saturated rings. The number of carbonyl (C=O) groups excluding carboxylic acids is 1. The molecule has 1 heterocycles. The lowest BCUT2D eigenvalue weighted by atomic mass is 10.2. The number of nitrogens with zero attached hydrogens (tertiary/aromatic N) is 2. The van der Waals surface area contributed by atoms with Gasteiger partial charge in [-0.15, -0.1) is 5.10 Å². The van der Waals surface area contributed by atoms with E-state index in [4.69, 9.17) is 5.11 Å². The summed E-state index contributed by atoms with van der Waals surface area (Å²) in [7, 11) is 0. The van der Waals surface area contributed by atoms with Crippen LogP contribution in [0.2, 0.25) is 0 Å². The minimum absolute atomic E-state index is 0.0777. The van der Waals surface area contributed by atoms with Crippen LogP contribution in [-0.4, -0.2) is 38.8 Å². The van der Waals surface area contributed by atoms with Gasteiger partial charge >= 0.3 is 0 Å². The summed E-state index contributed by atoms with van der Waals surface area (Å²) in [5, 5.41) is 17.8. The fourth-order valence-corrected chi connectivity index (χ4v) is 0.971. The molecule has 0 saturated carbocycles. The molecule has 1 rings (SSSR count). The maximum atomic E-state index is 11.4. The topological polar surface area (TPSA) is 90.9 Å². The first-order chi connectivity index (χ1) is 6.67. The molecule has 0 aliphatic rings. The second-order valence-electron chi connectivity index (χ2n) is 3.01. The van der Waals surface area contributed by atoms with Gasteiger partial charge in [0.1, 0.15) is 5.82 Å². The van der Waals surface area contributed by atoms with Crippen molar-refractivity contribution in [1.29, 1.82) is 0 Å². The van der Waals surface area contributed by atoms with Crippen LogP contribution in [0, 0.1) is 6.92 Å². The van der Waals surface area contributed by atoms with Gasteiger partial charge in [-0.2, -0.15) is 0 Å². The van der Waals surface area contributed by atoms with E-state index < -0.39 is 0 Å². The van der Waals surface area contributed by atoms with E-state index in [0.717, 1.165) is 0 Å². The third kappa shape index (κ3) is 2.53. The molecule has 14 heavy (non-hydrogen) atoms. The van der Waals surface area contributed by atoms with Crippen molar-refractivity contribution in [1.82, 2.24) is 20.5 Å². The van der Waals surface area contributed by atoms with Crippen LogP contribution in [0.15, 0.2) is 0 Å². The standard InChI is InChI=1S/C8H14N4O2/c1-3-6(4-13)10-8(14)7-9-5(2)11-12-7/h6,13H,3-4H2,1-2H3,(H,10,14)(H,9,11,12). The average molecular weight is 198 g/mol. The second kappa shape index (κ2) is 4.71. The number of aromatic amines is 1. The average Bonchev–Trinajstić information content (AvgIpc) is 2.61. The van der Waals surface area contributed by atoms with Gasteiger partial charge in [0.05, 0.1) is 12.6 Å². The number of aromatic nitrogens is 3. The molecule has 6 nitrogen and oxygen atoms in total. The van der Waals surface area contributed by atoms with Crippen LogP contribution in [0.4, 0.5) is 0 Å². The van der Waals surface area contributed by atoms with Crippen molar-refractivity contribution in [3.63, 3.8) is 0 Å². The summed E-state index contributed by atoms with van der Waals surface area (Å²) in [5.41, 5.74) is 0. The Bertz CT molecular complexity index is 306. The molecule has 1 atom stereocenters. The predicted molar refractivity (Wildman–Crippen MR) is 49.8 cm³/mol. The van der Waals surface area contributed by atoms with Gasteiger partial charge in [-0.25, -0.2) is 4.98 Å². The van der Waals surface area contributed by atoms with E-state index in [0.29, 0.717) is 12.2 Å². The Kier molecular flexibility index (Phi) is 3.58. The Balaban J connectivity index is 2.58. The Labute approximate surface area is 81.7 Å². The van der Waals surface area contributed by atoms with Crippen molar-refractivity contribution in [2.24, 2.45) is 0 Å². The first-order valence-corrected chi connectivity index (χ1v) is 4.48. The van der Waals surface area contributed by atoms with Crippen LogP contribution in [-0.2, 0) is 0 Å². The van der Waals surface area contributed by atoms with Gasteiger partial charge in [0, 0.05) is 0 Å². The monoisotopic (exact) mass is 198 g/mol. The van der Waals surface area contributed by atoms with Gasteiger partial charge in [0.15, 0.2) is 0 Å². The molecule has 0 bridgehead atoms. The third-order valence-corrected chi connectivity index (χ3v) is 1.85.